The van der Waals surface area contributed by atoms with Crippen LogP contribution in [-0.4, -0.2) is 36.8 Å². The van der Waals surface area contributed by atoms with Crippen LogP contribution in [0.15, 0.2) is 30.3 Å². The number of benzene rings is 1. The number of morpholine rings is 1. The van der Waals surface area contributed by atoms with Gasteiger partial charge in [-0.1, -0.05) is 6.07 Å². The van der Waals surface area contributed by atoms with Crippen molar-refractivity contribution in [3.63, 3.8) is 0 Å². The molecule has 0 unspecified atom stereocenters. The minimum Gasteiger partial charge on any atom is -0.480 e. The number of aromatic nitrogens is 1. The van der Waals surface area contributed by atoms with Gasteiger partial charge in [-0.3, -0.25) is 4.79 Å². The number of anilines is 2. The molecule has 1 fully saturated rings. The van der Waals surface area contributed by atoms with Crippen molar-refractivity contribution in [1.82, 2.24) is 4.98 Å². The summed E-state index contributed by atoms with van der Waals surface area (Å²) in [5, 5.41) is 2.67. The Kier molecular flexibility index (Phi) is 4.20. The first-order chi connectivity index (χ1) is 12.5. The average Bonchev–Trinajstić information content (AvgIpc) is 2.61. The van der Waals surface area contributed by atoms with Crippen molar-refractivity contribution in [1.29, 1.82) is 0 Å². The second kappa shape index (κ2) is 6.53. The van der Waals surface area contributed by atoms with Gasteiger partial charge < -0.3 is 19.7 Å². The predicted molar refractivity (Wildman–Crippen MR) is 90.2 cm³/mol. The number of hydrogen-bond acceptors (Lipinski definition) is 5. The van der Waals surface area contributed by atoms with E-state index in [0.29, 0.717) is 29.5 Å². The summed E-state index contributed by atoms with van der Waals surface area (Å²) in [5.41, 5.74) is 0.332. The van der Waals surface area contributed by atoms with Crippen molar-refractivity contribution in [3.8, 4) is 5.75 Å². The van der Waals surface area contributed by atoms with Crippen LogP contribution in [0.3, 0.4) is 0 Å². The Morgan fingerprint density at radius 3 is 2.92 bits per heavy atom. The average molecular weight is 361 g/mol. The van der Waals surface area contributed by atoms with Crippen molar-refractivity contribution >= 4 is 17.5 Å². The van der Waals surface area contributed by atoms with Gasteiger partial charge in [0.2, 0.25) is 0 Å². The van der Waals surface area contributed by atoms with Gasteiger partial charge >= 0.3 is 0 Å². The molecule has 1 amide bonds. The Bertz CT molecular complexity index is 862. The summed E-state index contributed by atoms with van der Waals surface area (Å²) in [5.74, 6) is -0.171. The van der Waals surface area contributed by atoms with Crippen molar-refractivity contribution in [2.24, 2.45) is 0 Å². The van der Waals surface area contributed by atoms with Crippen LogP contribution in [0.2, 0.25) is 0 Å². The Morgan fingerprint density at radius 2 is 2.12 bits per heavy atom. The van der Waals surface area contributed by atoms with Crippen LogP contribution in [-0.2, 0) is 9.53 Å². The second-order valence-corrected chi connectivity index (χ2v) is 6.33. The second-order valence-electron chi connectivity index (χ2n) is 6.33. The molecule has 2 aromatic rings. The maximum Gasteiger partial charge on any atom is 0.263 e. The lowest BCUT2D eigenvalue weighted by molar-refractivity contribution is -0.118. The highest BCUT2D eigenvalue weighted by Gasteiger charge is 2.32. The van der Waals surface area contributed by atoms with Gasteiger partial charge in [0, 0.05) is 18.2 Å². The zero-order valence-electron chi connectivity index (χ0n) is 14.0. The van der Waals surface area contributed by atoms with Gasteiger partial charge in [-0.2, -0.15) is 0 Å². The third-order valence-corrected chi connectivity index (χ3v) is 4.44. The molecule has 136 valence electrons. The summed E-state index contributed by atoms with van der Waals surface area (Å²) >= 11 is 0. The summed E-state index contributed by atoms with van der Waals surface area (Å²) in [7, 11) is 0. The van der Waals surface area contributed by atoms with E-state index < -0.39 is 17.7 Å². The van der Waals surface area contributed by atoms with Gasteiger partial charge in [0.25, 0.3) is 5.91 Å². The molecular weight excluding hydrogens is 344 g/mol. The number of amides is 1. The van der Waals surface area contributed by atoms with Crippen molar-refractivity contribution in [3.05, 3.63) is 47.5 Å². The van der Waals surface area contributed by atoms with Gasteiger partial charge in [-0.05, 0) is 25.1 Å². The molecule has 8 heteroatoms. The van der Waals surface area contributed by atoms with Gasteiger partial charge in [0.1, 0.15) is 17.5 Å². The Labute approximate surface area is 148 Å². The lowest BCUT2D eigenvalue weighted by Crippen LogP contribution is -2.44. The number of carbonyl (C=O) groups is 1. The van der Waals surface area contributed by atoms with E-state index in [4.69, 9.17) is 9.47 Å². The maximum absolute atomic E-state index is 14.3. The maximum atomic E-state index is 14.3. The summed E-state index contributed by atoms with van der Waals surface area (Å²) < 4.78 is 38.6. The number of carbonyl (C=O) groups excluding carboxylic acids is 1. The largest absolute Gasteiger partial charge is 0.480 e. The van der Waals surface area contributed by atoms with E-state index in [-0.39, 0.29) is 25.2 Å². The van der Waals surface area contributed by atoms with Crippen molar-refractivity contribution in [2.75, 3.05) is 30.0 Å². The molecule has 1 saturated heterocycles. The molecule has 1 aromatic heterocycles. The van der Waals surface area contributed by atoms with Crippen LogP contribution in [0.5, 0.6) is 5.75 Å². The van der Waals surface area contributed by atoms with Gasteiger partial charge in [-0.25, -0.2) is 13.8 Å². The zero-order valence-corrected chi connectivity index (χ0v) is 14.0. The summed E-state index contributed by atoms with van der Waals surface area (Å²) in [6.07, 6.45) is -0.0848. The minimum atomic E-state index is -0.632. The molecule has 0 spiro atoms. The van der Waals surface area contributed by atoms with E-state index >= 15 is 0 Å². The molecule has 3 heterocycles. The fourth-order valence-corrected chi connectivity index (χ4v) is 3.20. The van der Waals surface area contributed by atoms with Crippen LogP contribution in [0, 0.1) is 11.6 Å². The Hall–Kier alpha value is -2.74. The summed E-state index contributed by atoms with van der Waals surface area (Å²) in [6.45, 7) is 2.58. The van der Waals surface area contributed by atoms with E-state index in [0.717, 1.165) is 6.07 Å². The van der Waals surface area contributed by atoms with E-state index in [9.17, 15) is 13.6 Å². The highest BCUT2D eigenvalue weighted by Crippen LogP contribution is 2.35. The quantitative estimate of drug-likeness (QED) is 0.891. The van der Waals surface area contributed by atoms with E-state index in [1.54, 1.807) is 12.1 Å². The highest BCUT2D eigenvalue weighted by atomic mass is 19.1. The monoisotopic (exact) mass is 361 g/mol. The fourth-order valence-electron chi connectivity index (χ4n) is 3.20. The molecule has 0 bridgehead atoms. The van der Waals surface area contributed by atoms with Gasteiger partial charge in [0.05, 0.1) is 18.8 Å². The molecule has 1 aromatic carbocycles. The first kappa shape index (κ1) is 16.7. The number of nitrogens with one attached hydrogen (secondary N) is 1. The number of fused-ring (bicyclic) bond motifs is 1. The normalized spacial score (nSPS) is 22.4. The summed E-state index contributed by atoms with van der Waals surface area (Å²) in [4.78, 5) is 17.9. The number of pyridine rings is 1. The molecule has 1 N–H and O–H groups in total. The van der Waals surface area contributed by atoms with E-state index in [1.807, 2.05) is 11.8 Å². The lowest BCUT2D eigenvalue weighted by atomic mass is 10.0. The Morgan fingerprint density at radius 1 is 1.27 bits per heavy atom. The number of nitrogens with zero attached hydrogens (tertiary/aromatic N) is 2. The SMILES string of the molecule is C[C@@H]1CN(c2ccc3c(n2)NC(=O)CO3)[C@H](c2ccc(F)cc2F)CO1. The number of rotatable bonds is 2. The number of ether oxygens (including phenoxy) is 2. The molecule has 6 nitrogen and oxygen atoms in total. The minimum absolute atomic E-state index is 0.0496. The smallest absolute Gasteiger partial charge is 0.263 e. The zero-order chi connectivity index (χ0) is 18.3. The van der Waals surface area contributed by atoms with Crippen molar-refractivity contribution < 1.29 is 23.0 Å². The third kappa shape index (κ3) is 3.08. The number of halogens is 2. The van der Waals surface area contributed by atoms with E-state index in [2.05, 4.69) is 10.3 Å². The lowest BCUT2D eigenvalue weighted by Gasteiger charge is -2.40. The van der Waals surface area contributed by atoms with Crippen LogP contribution in [0.1, 0.15) is 18.5 Å². The third-order valence-electron chi connectivity index (χ3n) is 4.44. The molecular formula is C18H17F2N3O3. The first-order valence-corrected chi connectivity index (χ1v) is 8.28. The van der Waals surface area contributed by atoms with Gasteiger partial charge in [0.15, 0.2) is 18.2 Å². The molecule has 2 aliphatic heterocycles. The fraction of sp³-hybridized carbons (Fsp3) is 0.333. The van der Waals surface area contributed by atoms with E-state index in [1.165, 1.54) is 12.1 Å². The molecule has 4 rings (SSSR count). The molecule has 26 heavy (non-hydrogen) atoms. The molecule has 2 aliphatic rings. The summed E-state index contributed by atoms with van der Waals surface area (Å²) in [6, 6.07) is 6.52. The predicted octanol–water partition coefficient (Wildman–Crippen LogP) is 2.66. The molecule has 0 radical (unpaired) electrons. The topological polar surface area (TPSA) is 63.7 Å². The highest BCUT2D eigenvalue weighted by molar-refractivity contribution is 5.94. The van der Waals surface area contributed by atoms with Crippen LogP contribution >= 0.6 is 0 Å². The Balaban J connectivity index is 1.71. The van der Waals surface area contributed by atoms with Gasteiger partial charge in [-0.15, -0.1) is 0 Å². The first-order valence-electron chi connectivity index (χ1n) is 8.28. The van der Waals surface area contributed by atoms with Crippen LogP contribution < -0.4 is 15.0 Å². The van der Waals surface area contributed by atoms with Crippen molar-refractivity contribution in [2.45, 2.75) is 19.1 Å². The number of hydrogen-bond donors (Lipinski definition) is 1. The standard InChI is InChI=1S/C18H17F2N3O3/c1-10-7-23(14(8-25-10)12-3-2-11(19)6-13(12)20)16-5-4-15-18(21-16)22-17(24)9-26-15/h2-6,10,14H,7-9H2,1H3,(H,21,22,24)/t10-,14+/m1/s1. The molecule has 0 saturated carbocycles. The molecule has 2 atom stereocenters. The molecule has 0 aliphatic carbocycles. The van der Waals surface area contributed by atoms with Crippen LogP contribution in [0.4, 0.5) is 20.4 Å². The van der Waals surface area contributed by atoms with Crippen LogP contribution in [0.25, 0.3) is 0 Å².